The number of ketones is 2. The molecule has 0 unspecified atom stereocenters. The van der Waals surface area contributed by atoms with E-state index in [1.807, 2.05) is 0 Å². The Bertz CT molecular complexity index is 516. The Balaban J connectivity index is 2.06. The summed E-state index contributed by atoms with van der Waals surface area (Å²) in [5, 5.41) is 5.96. The van der Waals surface area contributed by atoms with E-state index < -0.39 is 0 Å². The number of aromatic nitrogens is 3. The van der Waals surface area contributed by atoms with E-state index in [-0.39, 0.29) is 18.0 Å². The third-order valence-corrected chi connectivity index (χ3v) is 2.83. The molecular weight excluding hydrogens is 226 g/mol. The molecule has 0 aliphatic carbocycles. The highest BCUT2D eigenvalue weighted by Gasteiger charge is 2.16. The number of Topliss-reactive ketones (excluding diaryl/α,β-unsaturated/α-hetero) is 2. The van der Waals surface area contributed by atoms with E-state index in [2.05, 4.69) is 10.1 Å². The van der Waals surface area contributed by atoms with Gasteiger partial charge < -0.3 is 0 Å². The van der Waals surface area contributed by atoms with Crippen LogP contribution in [0.5, 0.6) is 0 Å². The smallest absolute Gasteiger partial charge is 0.199 e. The third kappa shape index (κ3) is 2.22. The zero-order valence-electron chi connectivity index (χ0n) is 8.58. The van der Waals surface area contributed by atoms with E-state index in [1.54, 1.807) is 24.8 Å². The number of rotatable bonds is 4. The van der Waals surface area contributed by atoms with Crippen molar-refractivity contribution in [1.29, 1.82) is 0 Å². The average molecular weight is 235 g/mol. The van der Waals surface area contributed by atoms with Crippen LogP contribution < -0.4 is 0 Å². The molecule has 0 saturated carbocycles. The number of thiazole rings is 1. The Labute approximate surface area is 95.7 Å². The van der Waals surface area contributed by atoms with Gasteiger partial charge in [-0.05, 0) is 0 Å². The van der Waals surface area contributed by atoms with E-state index >= 15 is 0 Å². The standard InChI is InChI=1S/C10H9N3O2S/c1-13-6-7(5-12-13)8(14)4-9(15)10-11-2-3-16-10/h2-3,5-6H,4H2,1H3. The molecule has 0 aliphatic heterocycles. The summed E-state index contributed by atoms with van der Waals surface area (Å²) in [7, 11) is 1.72. The largest absolute Gasteiger partial charge is 0.294 e. The van der Waals surface area contributed by atoms with Crippen LogP contribution in [0.4, 0.5) is 0 Å². The fraction of sp³-hybridized carbons (Fsp3) is 0.200. The molecule has 0 aliphatic rings. The van der Waals surface area contributed by atoms with E-state index in [0.29, 0.717) is 10.6 Å². The van der Waals surface area contributed by atoms with Crippen molar-refractivity contribution < 1.29 is 9.59 Å². The van der Waals surface area contributed by atoms with Crippen molar-refractivity contribution in [3.63, 3.8) is 0 Å². The quantitative estimate of drug-likeness (QED) is 0.592. The molecule has 0 fully saturated rings. The maximum absolute atomic E-state index is 11.7. The van der Waals surface area contributed by atoms with Crippen molar-refractivity contribution in [3.05, 3.63) is 34.5 Å². The van der Waals surface area contributed by atoms with Crippen molar-refractivity contribution in [3.8, 4) is 0 Å². The van der Waals surface area contributed by atoms with Gasteiger partial charge in [0.05, 0.1) is 18.2 Å². The first-order chi connectivity index (χ1) is 7.66. The lowest BCUT2D eigenvalue weighted by Gasteiger charge is -1.94. The number of carbonyl (C=O) groups is 2. The molecule has 0 saturated heterocycles. The molecule has 2 heterocycles. The molecule has 0 spiro atoms. The van der Waals surface area contributed by atoms with Crippen molar-refractivity contribution in [2.24, 2.45) is 7.05 Å². The Morgan fingerprint density at radius 2 is 2.25 bits per heavy atom. The van der Waals surface area contributed by atoms with Gasteiger partial charge >= 0.3 is 0 Å². The van der Waals surface area contributed by atoms with Crippen LogP contribution in [0.2, 0.25) is 0 Å². The van der Waals surface area contributed by atoms with Gasteiger partial charge in [-0.1, -0.05) is 0 Å². The van der Waals surface area contributed by atoms with E-state index in [1.165, 1.54) is 22.2 Å². The Hall–Kier alpha value is -1.82. The van der Waals surface area contributed by atoms with Gasteiger partial charge in [0.1, 0.15) is 0 Å². The highest BCUT2D eigenvalue weighted by Crippen LogP contribution is 2.10. The van der Waals surface area contributed by atoms with Crippen LogP contribution in [-0.2, 0) is 7.05 Å². The van der Waals surface area contributed by atoms with Gasteiger partial charge in [-0.25, -0.2) is 4.98 Å². The van der Waals surface area contributed by atoms with Crippen LogP contribution in [-0.4, -0.2) is 26.3 Å². The predicted octanol–water partition coefficient (Wildman–Crippen LogP) is 1.33. The number of carbonyl (C=O) groups excluding carboxylic acids is 2. The maximum Gasteiger partial charge on any atom is 0.199 e. The van der Waals surface area contributed by atoms with Gasteiger partial charge in [-0.3, -0.25) is 14.3 Å². The van der Waals surface area contributed by atoms with Gasteiger partial charge in [-0.15, -0.1) is 11.3 Å². The van der Waals surface area contributed by atoms with Crippen molar-refractivity contribution in [1.82, 2.24) is 14.8 Å². The van der Waals surface area contributed by atoms with Gasteiger partial charge in [-0.2, -0.15) is 5.10 Å². The second-order valence-corrected chi connectivity index (χ2v) is 4.16. The molecule has 0 bridgehead atoms. The summed E-state index contributed by atoms with van der Waals surface area (Å²) in [5.74, 6) is -0.475. The molecule has 0 amide bonds. The number of aryl methyl sites for hydroxylation is 1. The predicted molar refractivity (Wildman–Crippen MR) is 58.6 cm³/mol. The van der Waals surface area contributed by atoms with E-state index in [0.717, 1.165) is 0 Å². The van der Waals surface area contributed by atoms with Gasteiger partial charge in [0.15, 0.2) is 16.6 Å². The lowest BCUT2D eigenvalue weighted by atomic mass is 10.1. The fourth-order valence-corrected chi connectivity index (χ4v) is 1.83. The van der Waals surface area contributed by atoms with Crippen molar-refractivity contribution >= 4 is 22.9 Å². The molecular formula is C10H9N3O2S. The molecule has 2 aromatic heterocycles. The summed E-state index contributed by atoms with van der Waals surface area (Å²) in [6, 6.07) is 0. The Morgan fingerprint density at radius 3 is 2.81 bits per heavy atom. The molecule has 2 rings (SSSR count). The van der Waals surface area contributed by atoms with Gasteiger partial charge in [0.2, 0.25) is 0 Å². The Kier molecular flexibility index (Phi) is 2.91. The lowest BCUT2D eigenvalue weighted by molar-refractivity contribution is 0.0894. The van der Waals surface area contributed by atoms with E-state index in [4.69, 9.17) is 0 Å². The minimum atomic E-state index is -0.246. The van der Waals surface area contributed by atoms with Crippen LogP contribution in [0.25, 0.3) is 0 Å². The maximum atomic E-state index is 11.7. The molecule has 0 radical (unpaired) electrons. The molecule has 16 heavy (non-hydrogen) atoms. The van der Waals surface area contributed by atoms with E-state index in [9.17, 15) is 9.59 Å². The monoisotopic (exact) mass is 235 g/mol. The fourth-order valence-electron chi connectivity index (χ4n) is 1.25. The average Bonchev–Trinajstić information content (AvgIpc) is 2.87. The zero-order chi connectivity index (χ0) is 11.5. The molecule has 82 valence electrons. The summed E-state index contributed by atoms with van der Waals surface area (Å²) in [6.45, 7) is 0. The first kappa shape index (κ1) is 10.7. The number of nitrogens with zero attached hydrogens (tertiary/aromatic N) is 3. The normalized spacial score (nSPS) is 10.3. The lowest BCUT2D eigenvalue weighted by Crippen LogP contribution is -2.07. The Morgan fingerprint density at radius 1 is 1.44 bits per heavy atom. The summed E-state index contributed by atoms with van der Waals surface area (Å²) < 4.78 is 1.53. The van der Waals surface area contributed by atoms with Crippen LogP contribution in [0.1, 0.15) is 26.6 Å². The number of hydrogen-bond donors (Lipinski definition) is 0. The summed E-state index contributed by atoms with van der Waals surface area (Å²) >= 11 is 1.24. The SMILES string of the molecule is Cn1cc(C(=O)CC(=O)c2nccs2)cn1. The molecule has 0 N–H and O–H groups in total. The molecule has 0 atom stereocenters. The topological polar surface area (TPSA) is 64.8 Å². The second-order valence-electron chi connectivity index (χ2n) is 3.26. The first-order valence-electron chi connectivity index (χ1n) is 4.61. The van der Waals surface area contributed by atoms with Crippen LogP contribution in [0, 0.1) is 0 Å². The zero-order valence-corrected chi connectivity index (χ0v) is 9.40. The highest BCUT2D eigenvalue weighted by atomic mass is 32.1. The van der Waals surface area contributed by atoms with Crippen LogP contribution in [0.3, 0.4) is 0 Å². The van der Waals surface area contributed by atoms with Crippen LogP contribution in [0.15, 0.2) is 24.0 Å². The summed E-state index contributed by atoms with van der Waals surface area (Å²) in [4.78, 5) is 27.1. The van der Waals surface area contributed by atoms with Crippen molar-refractivity contribution in [2.45, 2.75) is 6.42 Å². The molecule has 6 heteroatoms. The highest BCUT2D eigenvalue weighted by molar-refractivity contribution is 7.11. The molecule has 5 nitrogen and oxygen atoms in total. The minimum Gasteiger partial charge on any atom is -0.294 e. The van der Waals surface area contributed by atoms with Gasteiger partial charge in [0.25, 0.3) is 0 Å². The van der Waals surface area contributed by atoms with Crippen LogP contribution >= 0.6 is 11.3 Å². The second kappa shape index (κ2) is 4.36. The summed E-state index contributed by atoms with van der Waals surface area (Å²) in [6.07, 6.45) is 4.45. The number of hydrogen-bond acceptors (Lipinski definition) is 5. The molecule has 0 aromatic carbocycles. The van der Waals surface area contributed by atoms with Crippen molar-refractivity contribution in [2.75, 3.05) is 0 Å². The minimum absolute atomic E-state index is 0.154. The van der Waals surface area contributed by atoms with Gasteiger partial charge in [0, 0.05) is 24.8 Å². The summed E-state index contributed by atoms with van der Waals surface area (Å²) in [5.41, 5.74) is 0.451. The first-order valence-corrected chi connectivity index (χ1v) is 5.49. The molecule has 2 aromatic rings. The third-order valence-electron chi connectivity index (χ3n) is 2.02.